The van der Waals surface area contributed by atoms with Crippen molar-refractivity contribution in [2.75, 3.05) is 13.1 Å². The Bertz CT molecular complexity index is 884. The summed E-state index contributed by atoms with van der Waals surface area (Å²) in [4.78, 5) is 18.0. The molecule has 1 saturated heterocycles. The maximum absolute atomic E-state index is 13.9. The van der Waals surface area contributed by atoms with E-state index >= 15 is 0 Å². The molecular weight excluding hydrogens is 283 g/mol. The fourth-order valence-corrected chi connectivity index (χ4v) is 4.25. The number of nitrogens with one attached hydrogen (secondary N) is 2. The Morgan fingerprint density at radius 1 is 1.41 bits per heavy atom. The maximum Gasteiger partial charge on any atom is 0.272 e. The Kier molecular flexibility index (Phi) is 2.11. The van der Waals surface area contributed by atoms with Gasteiger partial charge in [0.1, 0.15) is 5.82 Å². The van der Waals surface area contributed by atoms with E-state index < -0.39 is 5.82 Å². The number of H-pyrrole nitrogens is 1. The lowest BCUT2D eigenvalue weighted by atomic mass is 9.85. The molecule has 0 bridgehead atoms. The van der Waals surface area contributed by atoms with E-state index in [1.165, 1.54) is 12.1 Å². The minimum Gasteiger partial charge on any atom is -0.356 e. The molecule has 1 atom stereocenters. The summed E-state index contributed by atoms with van der Waals surface area (Å²) in [5, 5.41) is 5.10. The van der Waals surface area contributed by atoms with Crippen LogP contribution in [0.1, 0.15) is 41.4 Å². The fourth-order valence-electron chi connectivity index (χ4n) is 4.25. The van der Waals surface area contributed by atoms with Gasteiger partial charge in [0.25, 0.3) is 5.91 Å². The van der Waals surface area contributed by atoms with Crippen molar-refractivity contribution >= 4 is 22.5 Å². The normalized spacial score (nSPS) is 26.6. The number of fused-ring (bicyclic) bond motifs is 2. The number of amides is 1. The number of nitrogens with zero attached hydrogens (tertiary/aromatic N) is 2. The second-order valence-electron chi connectivity index (χ2n) is 6.55. The summed E-state index contributed by atoms with van der Waals surface area (Å²) in [6, 6.07) is 2.77. The fraction of sp³-hybridized carbons (Fsp3) is 0.375. The van der Waals surface area contributed by atoms with E-state index in [-0.39, 0.29) is 11.4 Å². The number of benzene rings is 1. The minimum atomic E-state index is -0.409. The molecule has 1 amide bonds. The lowest BCUT2D eigenvalue weighted by Crippen LogP contribution is -2.47. The Hall–Kier alpha value is -2.21. The zero-order chi connectivity index (χ0) is 15.1. The molecule has 0 radical (unpaired) electrons. The summed E-state index contributed by atoms with van der Waals surface area (Å²) in [5.74, 6) is -0.758. The van der Waals surface area contributed by atoms with Crippen LogP contribution >= 0.6 is 0 Å². The Morgan fingerprint density at radius 3 is 3.14 bits per heavy atom. The number of hydrazone groups is 1. The molecule has 1 fully saturated rings. The number of halogens is 1. The largest absolute Gasteiger partial charge is 0.356 e. The van der Waals surface area contributed by atoms with Crippen LogP contribution < -0.4 is 5.43 Å². The maximum atomic E-state index is 13.9. The summed E-state index contributed by atoms with van der Waals surface area (Å²) in [5.41, 5.74) is 6.43. The van der Waals surface area contributed by atoms with E-state index in [4.69, 9.17) is 0 Å². The average Bonchev–Trinajstić information content (AvgIpc) is 3.00. The molecule has 0 aliphatic carbocycles. The van der Waals surface area contributed by atoms with Gasteiger partial charge in [-0.1, -0.05) is 0 Å². The molecule has 3 aliphatic heterocycles. The zero-order valence-corrected chi connectivity index (χ0v) is 12.2. The molecule has 4 heterocycles. The van der Waals surface area contributed by atoms with Gasteiger partial charge >= 0.3 is 0 Å². The molecule has 1 aromatic heterocycles. The van der Waals surface area contributed by atoms with E-state index in [2.05, 4.69) is 27.3 Å². The van der Waals surface area contributed by atoms with Crippen LogP contribution in [0.15, 0.2) is 17.2 Å². The van der Waals surface area contributed by atoms with Crippen molar-refractivity contribution < 1.29 is 9.18 Å². The highest BCUT2D eigenvalue weighted by molar-refractivity contribution is 6.21. The predicted molar refractivity (Wildman–Crippen MR) is 80.4 cm³/mol. The van der Waals surface area contributed by atoms with Gasteiger partial charge in [0.2, 0.25) is 0 Å². The van der Waals surface area contributed by atoms with Crippen molar-refractivity contribution in [2.24, 2.45) is 5.10 Å². The Morgan fingerprint density at radius 2 is 2.27 bits per heavy atom. The second kappa shape index (κ2) is 3.76. The van der Waals surface area contributed by atoms with Gasteiger partial charge in [-0.15, -0.1) is 0 Å². The van der Waals surface area contributed by atoms with Crippen molar-refractivity contribution in [3.63, 3.8) is 0 Å². The van der Waals surface area contributed by atoms with Crippen molar-refractivity contribution in [3.05, 3.63) is 34.8 Å². The van der Waals surface area contributed by atoms with Crippen molar-refractivity contribution in [3.8, 4) is 0 Å². The summed E-state index contributed by atoms with van der Waals surface area (Å²) < 4.78 is 13.9. The lowest BCUT2D eigenvalue weighted by Gasteiger charge is -2.39. The predicted octanol–water partition coefficient (Wildman–Crippen LogP) is 2.08. The molecule has 6 heteroatoms. The van der Waals surface area contributed by atoms with E-state index in [1.54, 1.807) is 0 Å². The second-order valence-corrected chi connectivity index (χ2v) is 6.55. The van der Waals surface area contributed by atoms with E-state index in [1.807, 2.05) is 0 Å². The van der Waals surface area contributed by atoms with E-state index in [0.717, 1.165) is 41.7 Å². The van der Waals surface area contributed by atoms with Gasteiger partial charge in [-0.05, 0) is 38.4 Å². The van der Waals surface area contributed by atoms with Crippen LogP contribution in [0, 0.1) is 5.82 Å². The van der Waals surface area contributed by atoms with E-state index in [0.29, 0.717) is 17.6 Å². The Balaban J connectivity index is 1.95. The third-order valence-corrected chi connectivity index (χ3v) is 5.36. The van der Waals surface area contributed by atoms with Gasteiger partial charge in [-0.25, -0.2) is 9.82 Å². The monoisotopic (exact) mass is 298 g/mol. The number of rotatable bonds is 0. The Labute approximate surface area is 126 Å². The average molecular weight is 298 g/mol. The molecule has 5 rings (SSSR count). The zero-order valence-electron chi connectivity index (χ0n) is 12.2. The molecule has 112 valence electrons. The smallest absolute Gasteiger partial charge is 0.272 e. The van der Waals surface area contributed by atoms with Crippen LogP contribution in [-0.4, -0.2) is 34.6 Å². The van der Waals surface area contributed by atoms with Crippen molar-refractivity contribution in [1.29, 1.82) is 0 Å². The highest BCUT2D eigenvalue weighted by atomic mass is 19.1. The van der Waals surface area contributed by atoms with Gasteiger partial charge in [-0.3, -0.25) is 9.69 Å². The van der Waals surface area contributed by atoms with Gasteiger partial charge in [0.05, 0.1) is 22.3 Å². The first-order chi connectivity index (χ1) is 10.6. The number of aromatic amines is 1. The first-order valence-electron chi connectivity index (χ1n) is 7.56. The van der Waals surface area contributed by atoms with Crippen LogP contribution in [0.5, 0.6) is 0 Å². The van der Waals surface area contributed by atoms with Crippen LogP contribution in [0.25, 0.3) is 10.9 Å². The number of hydrogen-bond donors (Lipinski definition) is 2. The molecule has 22 heavy (non-hydrogen) atoms. The number of hydrogen-bond acceptors (Lipinski definition) is 3. The van der Waals surface area contributed by atoms with Crippen LogP contribution in [-0.2, 0) is 5.54 Å². The summed E-state index contributed by atoms with van der Waals surface area (Å²) in [6.45, 7) is 3.95. The number of carbonyl (C=O) groups is 1. The highest BCUT2D eigenvalue weighted by Gasteiger charge is 2.47. The quantitative estimate of drug-likeness (QED) is 0.782. The van der Waals surface area contributed by atoms with Crippen LogP contribution in [0.3, 0.4) is 0 Å². The molecule has 1 unspecified atom stereocenters. The van der Waals surface area contributed by atoms with Gasteiger partial charge < -0.3 is 4.98 Å². The molecule has 0 spiro atoms. The minimum absolute atomic E-state index is 0.0888. The molecule has 3 aliphatic rings. The number of aromatic nitrogens is 1. The first-order valence-corrected chi connectivity index (χ1v) is 7.56. The van der Waals surface area contributed by atoms with Gasteiger partial charge in [0.15, 0.2) is 0 Å². The SMILES string of the molecule is CC12CCCN1CC1=NNC(=O)c3cc(F)cc4[nH]c2c1c34. The molecule has 2 aromatic rings. The standard InChI is InChI=1S/C16H15FN4O/c1-16-3-2-4-21(16)7-11-13-12-9(15(22)20-19-11)5-8(17)6-10(12)18-14(13)16/h5-6,18H,2-4,7H2,1H3,(H,20,22). The molecule has 2 N–H and O–H groups in total. The van der Waals surface area contributed by atoms with Crippen molar-refractivity contribution in [2.45, 2.75) is 25.3 Å². The third-order valence-electron chi connectivity index (χ3n) is 5.36. The van der Waals surface area contributed by atoms with Crippen molar-refractivity contribution in [1.82, 2.24) is 15.3 Å². The lowest BCUT2D eigenvalue weighted by molar-refractivity contribution is 0.0956. The molecule has 0 saturated carbocycles. The molecule has 1 aromatic carbocycles. The van der Waals surface area contributed by atoms with Crippen LogP contribution in [0.2, 0.25) is 0 Å². The third kappa shape index (κ3) is 1.31. The van der Waals surface area contributed by atoms with E-state index in [9.17, 15) is 9.18 Å². The van der Waals surface area contributed by atoms with Crippen LogP contribution in [0.4, 0.5) is 4.39 Å². The number of carbonyl (C=O) groups excluding carboxylic acids is 1. The summed E-state index contributed by atoms with van der Waals surface area (Å²) in [7, 11) is 0. The summed E-state index contributed by atoms with van der Waals surface area (Å²) in [6.07, 6.45) is 2.19. The topological polar surface area (TPSA) is 60.5 Å². The molecular formula is C16H15FN4O. The highest BCUT2D eigenvalue weighted by Crippen LogP contribution is 2.46. The van der Waals surface area contributed by atoms with Gasteiger partial charge in [0, 0.05) is 23.2 Å². The molecule has 5 nitrogen and oxygen atoms in total. The van der Waals surface area contributed by atoms with Gasteiger partial charge in [-0.2, -0.15) is 5.10 Å². The first kappa shape index (κ1) is 12.3. The summed E-state index contributed by atoms with van der Waals surface area (Å²) >= 11 is 0.